The Balaban J connectivity index is 1.63. The molecule has 6 nitrogen and oxygen atoms in total. The van der Waals surface area contributed by atoms with Crippen molar-refractivity contribution in [2.24, 2.45) is 0 Å². The zero-order valence-corrected chi connectivity index (χ0v) is 13.3. The van der Waals surface area contributed by atoms with Crippen LogP contribution in [0, 0.1) is 0 Å². The number of hydrogen-bond acceptors (Lipinski definition) is 6. The molecule has 1 atom stereocenters. The lowest BCUT2D eigenvalue weighted by Crippen LogP contribution is -2.42. The summed E-state index contributed by atoms with van der Waals surface area (Å²) in [7, 11) is 1.61. The van der Waals surface area contributed by atoms with E-state index in [0.717, 1.165) is 37.2 Å². The molecule has 124 valence electrons. The van der Waals surface area contributed by atoms with Crippen molar-refractivity contribution < 1.29 is 19.3 Å². The number of fused-ring (bicyclic) bond motifs is 1. The molecule has 1 aliphatic heterocycles. The minimum absolute atomic E-state index is 0.214. The minimum Gasteiger partial charge on any atom is -0.493 e. The molecule has 2 heterocycles. The number of methoxy groups -OCH3 is 1. The third kappa shape index (κ3) is 4.10. The summed E-state index contributed by atoms with van der Waals surface area (Å²) >= 11 is 0. The smallest absolute Gasteiger partial charge is 0.163 e. The summed E-state index contributed by atoms with van der Waals surface area (Å²) in [5.41, 5.74) is 0.839. The summed E-state index contributed by atoms with van der Waals surface area (Å²) in [6.07, 6.45) is 1.18. The van der Waals surface area contributed by atoms with Gasteiger partial charge in [0, 0.05) is 37.3 Å². The largest absolute Gasteiger partial charge is 0.493 e. The van der Waals surface area contributed by atoms with Crippen molar-refractivity contribution in [2.75, 3.05) is 46.6 Å². The van der Waals surface area contributed by atoms with E-state index >= 15 is 0 Å². The highest BCUT2D eigenvalue weighted by Crippen LogP contribution is 2.31. The van der Waals surface area contributed by atoms with Crippen molar-refractivity contribution in [3.05, 3.63) is 30.5 Å². The van der Waals surface area contributed by atoms with Crippen molar-refractivity contribution in [3.8, 4) is 11.5 Å². The summed E-state index contributed by atoms with van der Waals surface area (Å²) in [5.74, 6) is 1.24. The molecule has 0 bridgehead atoms. The number of benzene rings is 1. The lowest BCUT2D eigenvalue weighted by atomic mass is 10.2. The number of aliphatic hydroxyl groups is 1. The molecule has 23 heavy (non-hydrogen) atoms. The molecule has 1 aromatic heterocycles. The zero-order chi connectivity index (χ0) is 16.1. The number of nitrogens with zero attached hydrogens (tertiary/aromatic N) is 2. The Morgan fingerprint density at radius 1 is 1.30 bits per heavy atom. The highest BCUT2D eigenvalue weighted by atomic mass is 16.5. The number of morpholine rings is 1. The van der Waals surface area contributed by atoms with Crippen molar-refractivity contribution in [3.63, 3.8) is 0 Å². The Bertz CT molecular complexity index is 644. The van der Waals surface area contributed by atoms with E-state index in [9.17, 15) is 5.11 Å². The Kier molecular flexibility index (Phi) is 5.27. The molecule has 1 saturated heterocycles. The molecule has 3 rings (SSSR count). The molecule has 1 fully saturated rings. The molecule has 1 N–H and O–H groups in total. The number of ether oxygens (including phenoxy) is 3. The second-order valence-electron chi connectivity index (χ2n) is 5.58. The molecule has 1 aromatic carbocycles. The van der Waals surface area contributed by atoms with Crippen LogP contribution >= 0.6 is 0 Å². The summed E-state index contributed by atoms with van der Waals surface area (Å²) in [4.78, 5) is 6.50. The van der Waals surface area contributed by atoms with Crippen molar-refractivity contribution >= 4 is 10.9 Å². The fourth-order valence-electron chi connectivity index (χ4n) is 2.67. The van der Waals surface area contributed by atoms with Crippen LogP contribution < -0.4 is 9.47 Å². The van der Waals surface area contributed by atoms with Gasteiger partial charge in [0.25, 0.3) is 0 Å². The summed E-state index contributed by atoms with van der Waals surface area (Å²) < 4.78 is 16.4. The van der Waals surface area contributed by atoms with Gasteiger partial charge in [0.15, 0.2) is 11.5 Å². The first-order chi connectivity index (χ1) is 11.3. The third-order valence-electron chi connectivity index (χ3n) is 3.89. The van der Waals surface area contributed by atoms with E-state index in [1.165, 1.54) is 0 Å². The Morgan fingerprint density at radius 2 is 2.13 bits per heavy atom. The topological polar surface area (TPSA) is 64.0 Å². The second-order valence-corrected chi connectivity index (χ2v) is 5.58. The van der Waals surface area contributed by atoms with E-state index in [0.29, 0.717) is 18.0 Å². The van der Waals surface area contributed by atoms with Gasteiger partial charge in [-0.1, -0.05) is 6.07 Å². The van der Waals surface area contributed by atoms with Crippen LogP contribution in [0.15, 0.2) is 30.5 Å². The average molecular weight is 318 g/mol. The number of aliphatic hydroxyl groups excluding tert-OH is 1. The Morgan fingerprint density at radius 3 is 2.91 bits per heavy atom. The summed E-state index contributed by atoms with van der Waals surface area (Å²) in [6.45, 7) is 3.93. The summed E-state index contributed by atoms with van der Waals surface area (Å²) in [5, 5.41) is 11.2. The van der Waals surface area contributed by atoms with Gasteiger partial charge in [-0.3, -0.25) is 9.88 Å². The molecule has 0 saturated carbocycles. The van der Waals surface area contributed by atoms with E-state index in [1.54, 1.807) is 13.3 Å². The maximum Gasteiger partial charge on any atom is 0.163 e. The van der Waals surface area contributed by atoms with Gasteiger partial charge in [0.1, 0.15) is 12.7 Å². The number of pyridine rings is 1. The first-order valence-corrected chi connectivity index (χ1v) is 7.80. The lowest BCUT2D eigenvalue weighted by Gasteiger charge is -2.28. The van der Waals surface area contributed by atoms with Gasteiger partial charge in [-0.05, 0) is 12.1 Å². The fourth-order valence-corrected chi connectivity index (χ4v) is 2.67. The van der Waals surface area contributed by atoms with E-state index < -0.39 is 6.10 Å². The van der Waals surface area contributed by atoms with Crippen LogP contribution in [0.5, 0.6) is 11.5 Å². The highest BCUT2D eigenvalue weighted by Gasteiger charge is 2.16. The molecule has 1 unspecified atom stereocenters. The lowest BCUT2D eigenvalue weighted by molar-refractivity contribution is 0.00446. The van der Waals surface area contributed by atoms with Gasteiger partial charge in [-0.25, -0.2) is 0 Å². The van der Waals surface area contributed by atoms with Crippen molar-refractivity contribution in [1.82, 2.24) is 9.88 Å². The van der Waals surface area contributed by atoms with Gasteiger partial charge in [0.05, 0.1) is 25.8 Å². The first-order valence-electron chi connectivity index (χ1n) is 7.80. The monoisotopic (exact) mass is 318 g/mol. The summed E-state index contributed by atoms with van der Waals surface area (Å²) in [6, 6.07) is 7.60. The molecule has 0 spiro atoms. The number of aromatic nitrogens is 1. The third-order valence-corrected chi connectivity index (χ3v) is 3.89. The maximum atomic E-state index is 10.2. The Labute approximate surface area is 135 Å². The SMILES string of the molecule is COc1cc2cccnc2cc1OCC(O)CN1CCOCC1. The van der Waals surface area contributed by atoms with Gasteiger partial charge >= 0.3 is 0 Å². The van der Waals surface area contributed by atoms with Crippen molar-refractivity contribution in [1.29, 1.82) is 0 Å². The fraction of sp³-hybridized carbons (Fsp3) is 0.471. The standard InChI is InChI=1S/C17H22N2O4/c1-21-16-9-13-3-2-4-18-15(13)10-17(16)23-12-14(20)11-19-5-7-22-8-6-19/h2-4,9-10,14,20H,5-8,11-12H2,1H3. The van der Waals surface area contributed by atoms with Gasteiger partial charge < -0.3 is 19.3 Å². The van der Waals surface area contributed by atoms with E-state index in [4.69, 9.17) is 14.2 Å². The molecule has 1 aliphatic rings. The predicted molar refractivity (Wildman–Crippen MR) is 87.1 cm³/mol. The van der Waals surface area contributed by atoms with Crippen molar-refractivity contribution in [2.45, 2.75) is 6.10 Å². The number of rotatable bonds is 6. The van der Waals surface area contributed by atoms with Crippen LogP contribution in [-0.2, 0) is 4.74 Å². The molecule has 2 aromatic rings. The molecule has 6 heteroatoms. The van der Waals surface area contributed by atoms with Crippen LogP contribution in [0.3, 0.4) is 0 Å². The molecule has 0 amide bonds. The van der Waals surface area contributed by atoms with Gasteiger partial charge in [-0.2, -0.15) is 0 Å². The quantitative estimate of drug-likeness (QED) is 0.866. The molecule has 0 radical (unpaired) electrons. The van der Waals surface area contributed by atoms with Crippen LogP contribution in [0.2, 0.25) is 0 Å². The number of β-amino-alcohol motifs (C(OH)–C–C–N with tert-alkyl or cyclic N) is 1. The van der Waals surface area contributed by atoms with Crippen LogP contribution in [0.1, 0.15) is 0 Å². The Hall–Kier alpha value is -1.89. The predicted octanol–water partition coefficient (Wildman–Crippen LogP) is 1.32. The van der Waals surface area contributed by atoms with Crippen LogP contribution in [0.4, 0.5) is 0 Å². The maximum absolute atomic E-state index is 10.2. The molecular weight excluding hydrogens is 296 g/mol. The van der Waals surface area contributed by atoms with E-state index in [-0.39, 0.29) is 6.61 Å². The van der Waals surface area contributed by atoms with Gasteiger partial charge in [0.2, 0.25) is 0 Å². The molecular formula is C17H22N2O4. The van der Waals surface area contributed by atoms with Crippen LogP contribution in [0.25, 0.3) is 10.9 Å². The molecule has 0 aliphatic carbocycles. The average Bonchev–Trinajstić information content (AvgIpc) is 2.60. The van der Waals surface area contributed by atoms with E-state index in [2.05, 4.69) is 9.88 Å². The van der Waals surface area contributed by atoms with E-state index in [1.807, 2.05) is 24.3 Å². The van der Waals surface area contributed by atoms with Gasteiger partial charge in [-0.15, -0.1) is 0 Å². The minimum atomic E-state index is -0.558. The number of hydrogen-bond donors (Lipinski definition) is 1. The highest BCUT2D eigenvalue weighted by molar-refractivity contribution is 5.82. The second kappa shape index (κ2) is 7.59. The zero-order valence-electron chi connectivity index (χ0n) is 13.3. The normalized spacial score (nSPS) is 17.1. The first kappa shape index (κ1) is 16.0. The van der Waals surface area contributed by atoms with Crippen LogP contribution in [-0.4, -0.2) is 67.7 Å².